The molecule has 4 nitrogen and oxygen atoms in total. The number of rotatable bonds is 7. The predicted molar refractivity (Wildman–Crippen MR) is 174 cm³/mol. The van der Waals surface area contributed by atoms with E-state index in [1.54, 1.807) is 12.1 Å². The lowest BCUT2D eigenvalue weighted by Crippen LogP contribution is -2.50. The van der Waals surface area contributed by atoms with E-state index in [1.165, 1.54) is 24.8 Å². The Bertz CT molecular complexity index is 1290. The lowest BCUT2D eigenvalue weighted by molar-refractivity contribution is -0.0532. The van der Waals surface area contributed by atoms with E-state index < -0.39 is 26.3 Å². The van der Waals surface area contributed by atoms with Crippen molar-refractivity contribution in [3.8, 4) is 0 Å². The van der Waals surface area contributed by atoms with Gasteiger partial charge in [0.05, 0.1) is 21.3 Å². The fourth-order valence-electron chi connectivity index (χ4n) is 11.2. The molecule has 5 aliphatic carbocycles. The van der Waals surface area contributed by atoms with Gasteiger partial charge in [-0.25, -0.2) is 8.42 Å². The van der Waals surface area contributed by atoms with Crippen molar-refractivity contribution in [3.05, 3.63) is 42.0 Å². The van der Waals surface area contributed by atoms with Crippen molar-refractivity contribution in [2.45, 2.75) is 146 Å². The predicted octanol–water partition coefficient (Wildman–Crippen LogP) is 8.52. The Morgan fingerprint density at radius 2 is 1.56 bits per heavy atom. The Morgan fingerprint density at radius 3 is 2.23 bits per heavy atom. The highest BCUT2D eigenvalue weighted by Gasteiger charge is 2.59. The first-order valence-electron chi connectivity index (χ1n) is 17.6. The highest BCUT2D eigenvalue weighted by atomic mass is 32.2. The third-order valence-electron chi connectivity index (χ3n) is 14.1. The summed E-state index contributed by atoms with van der Waals surface area (Å²) in [6.07, 6.45) is 15.7. The van der Waals surface area contributed by atoms with Crippen LogP contribution in [-0.4, -0.2) is 35.1 Å². The van der Waals surface area contributed by atoms with Crippen molar-refractivity contribution in [2.75, 3.05) is 0 Å². The van der Waals surface area contributed by atoms with E-state index >= 15 is 0 Å². The molecule has 9 atom stereocenters. The molecule has 4 fully saturated rings. The molecule has 2 N–H and O–H groups in total. The number of allylic oxidation sites excluding steroid dienone is 1. The topological polar surface area (TPSA) is 74.6 Å². The zero-order valence-corrected chi connectivity index (χ0v) is 28.3. The fourth-order valence-corrected chi connectivity index (χ4v) is 13.3. The van der Waals surface area contributed by atoms with Crippen molar-refractivity contribution in [2.24, 2.45) is 46.3 Å². The van der Waals surface area contributed by atoms with Crippen molar-refractivity contribution in [3.63, 3.8) is 0 Å². The van der Waals surface area contributed by atoms with Crippen molar-refractivity contribution in [1.82, 2.24) is 0 Å². The molecule has 0 radical (unpaired) electrons. The lowest BCUT2D eigenvalue weighted by atomic mass is 9.50. The van der Waals surface area contributed by atoms with Crippen LogP contribution in [0.1, 0.15) is 125 Å². The standard InChI is InChI=1S/C38H58O4S/c1-6-37(39)19-17-29-27(24-37)12-13-31-30(29)16-18-36(5)32(14-15-33(31)36)26(2)34(43(41,42)28-10-8-7-9-11-28)25-38(40)22-20-35(3,4)21-23-38/h7-12,26,29-34,39-40H,6,13-25H2,1-5H3/t26-,29-,30+,31+,32+,33-,34?,36+,37-/m0/s1. The summed E-state index contributed by atoms with van der Waals surface area (Å²) in [4.78, 5) is 0.407. The first-order valence-corrected chi connectivity index (χ1v) is 19.2. The second-order valence-electron chi connectivity index (χ2n) is 16.9. The summed E-state index contributed by atoms with van der Waals surface area (Å²) >= 11 is 0. The van der Waals surface area contributed by atoms with Crippen molar-refractivity contribution < 1.29 is 18.6 Å². The number of sulfone groups is 1. The molecule has 6 rings (SSSR count). The van der Waals surface area contributed by atoms with Crippen LogP contribution in [0, 0.1) is 46.3 Å². The molecule has 1 aromatic carbocycles. The van der Waals surface area contributed by atoms with Crippen LogP contribution in [0.15, 0.2) is 46.9 Å². The van der Waals surface area contributed by atoms with Gasteiger partial charge in [0.25, 0.3) is 0 Å². The Labute approximate surface area is 262 Å². The van der Waals surface area contributed by atoms with Crippen LogP contribution in [0.3, 0.4) is 0 Å². The van der Waals surface area contributed by atoms with Gasteiger partial charge in [-0.2, -0.15) is 0 Å². The number of hydrogen-bond donors (Lipinski definition) is 2. The van der Waals surface area contributed by atoms with Crippen LogP contribution in [0.4, 0.5) is 0 Å². The molecule has 0 bridgehead atoms. The average molecular weight is 611 g/mol. The maximum atomic E-state index is 14.5. The largest absolute Gasteiger partial charge is 0.390 e. The summed E-state index contributed by atoms with van der Waals surface area (Å²) in [7, 11) is -3.61. The summed E-state index contributed by atoms with van der Waals surface area (Å²) in [6.45, 7) is 11.4. The molecule has 43 heavy (non-hydrogen) atoms. The normalized spacial score (nSPS) is 40.0. The Morgan fingerprint density at radius 1 is 0.860 bits per heavy atom. The van der Waals surface area contributed by atoms with Gasteiger partial charge >= 0.3 is 0 Å². The molecule has 0 aromatic heterocycles. The molecule has 0 spiro atoms. The average Bonchev–Trinajstić information content (AvgIpc) is 3.35. The van der Waals surface area contributed by atoms with Gasteiger partial charge in [-0.15, -0.1) is 0 Å². The molecule has 4 saturated carbocycles. The first-order chi connectivity index (χ1) is 20.2. The third-order valence-corrected chi connectivity index (χ3v) is 16.5. The van der Waals surface area contributed by atoms with Gasteiger partial charge in [0.15, 0.2) is 9.84 Å². The van der Waals surface area contributed by atoms with Crippen LogP contribution in [0.25, 0.3) is 0 Å². The molecule has 0 saturated heterocycles. The lowest BCUT2D eigenvalue weighted by Gasteiger charge is -2.55. The molecule has 0 aliphatic heterocycles. The van der Waals surface area contributed by atoms with E-state index in [1.807, 2.05) is 18.2 Å². The van der Waals surface area contributed by atoms with Crippen LogP contribution in [-0.2, 0) is 9.84 Å². The smallest absolute Gasteiger partial charge is 0.181 e. The monoisotopic (exact) mass is 610 g/mol. The summed E-state index contributed by atoms with van der Waals surface area (Å²) in [5.74, 6) is 2.96. The van der Waals surface area contributed by atoms with E-state index in [0.29, 0.717) is 53.7 Å². The van der Waals surface area contributed by atoms with Crippen molar-refractivity contribution in [1.29, 1.82) is 0 Å². The van der Waals surface area contributed by atoms with Gasteiger partial charge in [0, 0.05) is 0 Å². The van der Waals surface area contributed by atoms with Crippen LogP contribution >= 0.6 is 0 Å². The van der Waals surface area contributed by atoms with Gasteiger partial charge in [-0.3, -0.25) is 0 Å². The van der Waals surface area contributed by atoms with Gasteiger partial charge in [-0.05, 0) is 148 Å². The number of hydrogen-bond acceptors (Lipinski definition) is 4. The van der Waals surface area contributed by atoms with Crippen LogP contribution in [0.5, 0.6) is 0 Å². The first kappa shape index (κ1) is 31.8. The number of aliphatic hydroxyl groups is 2. The van der Waals surface area contributed by atoms with Gasteiger partial charge < -0.3 is 10.2 Å². The Kier molecular flexibility index (Phi) is 8.33. The minimum atomic E-state index is -3.61. The maximum absolute atomic E-state index is 14.5. The van der Waals surface area contributed by atoms with Crippen molar-refractivity contribution >= 4 is 9.84 Å². The second-order valence-corrected chi connectivity index (χ2v) is 19.1. The quantitative estimate of drug-likeness (QED) is 0.304. The van der Waals surface area contributed by atoms with Gasteiger partial charge in [-0.1, -0.05) is 64.5 Å². The van der Waals surface area contributed by atoms with Gasteiger partial charge in [0.1, 0.15) is 0 Å². The molecule has 240 valence electrons. The molecule has 5 aliphatic rings. The van der Waals surface area contributed by atoms with E-state index in [9.17, 15) is 18.6 Å². The van der Waals surface area contributed by atoms with E-state index in [0.717, 1.165) is 51.4 Å². The minimum Gasteiger partial charge on any atom is -0.390 e. The van der Waals surface area contributed by atoms with E-state index in [2.05, 4.69) is 40.7 Å². The molecule has 1 aromatic rings. The molecule has 5 heteroatoms. The molecule has 1 unspecified atom stereocenters. The third kappa shape index (κ3) is 5.71. The second kappa shape index (κ2) is 11.3. The van der Waals surface area contributed by atoms with E-state index in [4.69, 9.17) is 0 Å². The zero-order valence-electron chi connectivity index (χ0n) is 27.5. The molecular weight excluding hydrogens is 552 g/mol. The van der Waals surface area contributed by atoms with E-state index in [-0.39, 0.29) is 16.7 Å². The maximum Gasteiger partial charge on any atom is 0.181 e. The number of fused-ring (bicyclic) bond motifs is 5. The summed E-state index contributed by atoms with van der Waals surface area (Å²) in [5, 5.41) is 22.4. The Hall–Kier alpha value is -1.17. The minimum absolute atomic E-state index is 0.0142. The molecule has 0 heterocycles. The fraction of sp³-hybridized carbons (Fsp3) is 0.789. The van der Waals surface area contributed by atoms with Gasteiger partial charge in [0.2, 0.25) is 0 Å². The molecular formula is C38H58O4S. The summed E-state index contributed by atoms with van der Waals surface area (Å²) < 4.78 is 28.9. The Balaban J connectivity index is 1.27. The summed E-state index contributed by atoms with van der Waals surface area (Å²) in [5.41, 5.74) is 0.439. The van der Waals surface area contributed by atoms with Crippen LogP contribution in [0.2, 0.25) is 0 Å². The highest BCUT2D eigenvalue weighted by molar-refractivity contribution is 7.92. The number of benzene rings is 1. The molecule has 0 amide bonds. The SMILES string of the molecule is CC[C@]1(O)CC[C@H]2C(=CC[C@@H]3[C@@H]2CC[C@]2(C)[C@@H]([C@H](C)C(CC4(O)CCC(C)(C)CC4)S(=O)(=O)c4ccccc4)CC[C@@H]32)C1. The summed E-state index contributed by atoms with van der Waals surface area (Å²) in [6, 6.07) is 9.05. The zero-order chi connectivity index (χ0) is 30.8. The van der Waals surface area contributed by atoms with Crippen LogP contribution < -0.4 is 0 Å². The highest BCUT2D eigenvalue weighted by Crippen LogP contribution is 2.65.